The Bertz CT molecular complexity index is 1150. The van der Waals surface area contributed by atoms with Gasteiger partial charge >= 0.3 is 0 Å². The van der Waals surface area contributed by atoms with Gasteiger partial charge in [0.1, 0.15) is 18.1 Å². The maximum absolute atomic E-state index is 13.5. The average molecular weight is 418 g/mol. The van der Waals surface area contributed by atoms with Gasteiger partial charge in [-0.15, -0.1) is 0 Å². The molecule has 0 saturated carbocycles. The number of hydrogen-bond acceptors (Lipinski definition) is 4. The van der Waals surface area contributed by atoms with E-state index in [1.807, 2.05) is 60.5 Å². The molecule has 2 unspecified atom stereocenters. The Labute approximate surface area is 181 Å². The van der Waals surface area contributed by atoms with Crippen molar-refractivity contribution in [2.75, 3.05) is 18.0 Å². The van der Waals surface area contributed by atoms with Gasteiger partial charge in [-0.2, -0.15) is 0 Å². The van der Waals surface area contributed by atoms with E-state index in [9.17, 15) is 9.59 Å². The van der Waals surface area contributed by atoms with Crippen LogP contribution in [0.3, 0.4) is 0 Å². The molecular weight excluding hydrogens is 392 g/mol. The third kappa shape index (κ3) is 3.34. The molecule has 2 aliphatic rings. The van der Waals surface area contributed by atoms with Gasteiger partial charge in [0.2, 0.25) is 5.91 Å². The van der Waals surface area contributed by atoms with Crippen LogP contribution in [0.4, 0.5) is 5.69 Å². The fourth-order valence-electron chi connectivity index (χ4n) is 4.71. The first-order valence-corrected chi connectivity index (χ1v) is 10.8. The van der Waals surface area contributed by atoms with Crippen LogP contribution in [0.25, 0.3) is 11.0 Å². The Morgan fingerprint density at radius 1 is 1.13 bits per heavy atom. The van der Waals surface area contributed by atoms with Crippen LogP contribution in [0.1, 0.15) is 38.1 Å². The topological polar surface area (TPSA) is 67.7 Å². The fourth-order valence-corrected chi connectivity index (χ4v) is 4.71. The lowest BCUT2D eigenvalue weighted by Crippen LogP contribution is -2.51. The van der Waals surface area contributed by atoms with Gasteiger partial charge < -0.3 is 14.2 Å². The van der Waals surface area contributed by atoms with Gasteiger partial charge in [0.05, 0.1) is 22.8 Å². The highest BCUT2D eigenvalue weighted by Crippen LogP contribution is 2.35. The van der Waals surface area contributed by atoms with Crippen molar-refractivity contribution in [2.24, 2.45) is 7.05 Å². The number of imidazole rings is 1. The molecule has 31 heavy (non-hydrogen) atoms. The highest BCUT2D eigenvalue weighted by atomic mass is 16.5. The van der Waals surface area contributed by atoms with Crippen molar-refractivity contribution in [1.82, 2.24) is 14.5 Å². The van der Waals surface area contributed by atoms with Crippen molar-refractivity contribution in [2.45, 2.75) is 38.3 Å². The summed E-state index contributed by atoms with van der Waals surface area (Å²) in [6, 6.07) is 15.3. The summed E-state index contributed by atoms with van der Waals surface area (Å²) in [4.78, 5) is 34.6. The fraction of sp³-hybridized carbons (Fsp3) is 0.375. The first-order valence-electron chi connectivity index (χ1n) is 10.8. The highest BCUT2D eigenvalue weighted by molar-refractivity contribution is 6.03. The highest BCUT2D eigenvalue weighted by Gasteiger charge is 2.36. The van der Waals surface area contributed by atoms with Crippen molar-refractivity contribution in [1.29, 1.82) is 0 Å². The normalized spacial score (nSPS) is 21.2. The van der Waals surface area contributed by atoms with Crippen LogP contribution in [0.15, 0.2) is 48.5 Å². The third-order valence-corrected chi connectivity index (χ3v) is 6.31. The summed E-state index contributed by atoms with van der Waals surface area (Å²) in [6.45, 7) is 2.39. The second kappa shape index (κ2) is 7.72. The van der Waals surface area contributed by atoms with E-state index in [4.69, 9.17) is 9.72 Å². The number of aromatic nitrogens is 2. The number of benzene rings is 2. The van der Waals surface area contributed by atoms with Crippen molar-refractivity contribution in [3.05, 3.63) is 54.4 Å². The molecule has 2 atom stereocenters. The van der Waals surface area contributed by atoms with Crippen molar-refractivity contribution >= 4 is 28.5 Å². The lowest BCUT2D eigenvalue weighted by atomic mass is 10.0. The van der Waals surface area contributed by atoms with Gasteiger partial charge in [-0.1, -0.05) is 24.3 Å². The Balaban J connectivity index is 1.45. The Kier molecular flexibility index (Phi) is 4.88. The summed E-state index contributed by atoms with van der Waals surface area (Å²) in [5.74, 6) is 1.28. The summed E-state index contributed by atoms with van der Waals surface area (Å²) in [5, 5.41) is 0. The molecule has 5 rings (SSSR count). The van der Waals surface area contributed by atoms with Gasteiger partial charge in [0.25, 0.3) is 5.91 Å². The van der Waals surface area contributed by atoms with E-state index >= 15 is 0 Å². The van der Waals surface area contributed by atoms with Crippen LogP contribution >= 0.6 is 0 Å². The molecule has 2 amide bonds. The lowest BCUT2D eigenvalue weighted by Gasteiger charge is -2.38. The molecule has 0 N–H and O–H groups in total. The monoisotopic (exact) mass is 418 g/mol. The predicted octanol–water partition coefficient (Wildman–Crippen LogP) is 3.44. The standard InChI is InChI=1S/C24H26N4O3/c1-16-24(30)28(19-11-5-6-13-21(19)31-16)15-22(29)27-14-8-7-12-20(27)23-25-17-9-3-4-10-18(17)26(23)2/h3-6,9-11,13,16,20H,7-8,12,14-15H2,1-2H3. The summed E-state index contributed by atoms with van der Waals surface area (Å²) < 4.78 is 7.80. The molecule has 0 bridgehead atoms. The van der Waals surface area contributed by atoms with Crippen LogP contribution in [-0.4, -0.2) is 45.5 Å². The molecule has 1 saturated heterocycles. The number of para-hydroxylation sites is 4. The second-order valence-electron chi connectivity index (χ2n) is 8.27. The van der Waals surface area contributed by atoms with Crippen molar-refractivity contribution < 1.29 is 14.3 Å². The Morgan fingerprint density at radius 3 is 2.74 bits per heavy atom. The molecule has 7 heteroatoms. The molecule has 0 spiro atoms. The average Bonchev–Trinajstić information content (AvgIpc) is 3.13. The zero-order chi connectivity index (χ0) is 21.5. The van der Waals surface area contributed by atoms with E-state index in [0.717, 1.165) is 36.1 Å². The minimum absolute atomic E-state index is 0.00396. The lowest BCUT2D eigenvalue weighted by molar-refractivity contribution is -0.136. The number of piperidine rings is 1. The maximum Gasteiger partial charge on any atom is 0.268 e. The summed E-state index contributed by atoms with van der Waals surface area (Å²) in [5.41, 5.74) is 2.64. The largest absolute Gasteiger partial charge is 0.479 e. The van der Waals surface area contributed by atoms with Gasteiger partial charge in [0, 0.05) is 13.6 Å². The van der Waals surface area contributed by atoms with Crippen LogP contribution in [0.2, 0.25) is 0 Å². The first-order chi connectivity index (χ1) is 15.0. The molecular formula is C24H26N4O3. The van der Waals surface area contributed by atoms with Gasteiger partial charge in [-0.25, -0.2) is 4.98 Å². The molecule has 1 fully saturated rings. The number of carbonyl (C=O) groups is 2. The number of hydrogen-bond donors (Lipinski definition) is 0. The number of ether oxygens (including phenoxy) is 1. The van der Waals surface area contributed by atoms with E-state index in [0.29, 0.717) is 18.0 Å². The Hall–Kier alpha value is -3.35. The third-order valence-electron chi connectivity index (χ3n) is 6.31. The second-order valence-corrected chi connectivity index (χ2v) is 8.27. The van der Waals surface area contributed by atoms with Crippen molar-refractivity contribution in [3.63, 3.8) is 0 Å². The minimum Gasteiger partial charge on any atom is -0.479 e. The molecule has 160 valence electrons. The number of fused-ring (bicyclic) bond motifs is 2. The molecule has 2 aromatic carbocycles. The maximum atomic E-state index is 13.5. The molecule has 3 aromatic rings. The summed E-state index contributed by atoms with van der Waals surface area (Å²) >= 11 is 0. The van der Waals surface area contributed by atoms with Gasteiger partial charge in [-0.3, -0.25) is 14.5 Å². The SMILES string of the molecule is CC1Oc2ccccc2N(CC(=O)N2CCCCC2c2nc3ccccc3n2C)C1=O. The number of aryl methyl sites for hydroxylation is 1. The van der Waals surface area contributed by atoms with Gasteiger partial charge in [-0.05, 0) is 50.5 Å². The summed E-state index contributed by atoms with van der Waals surface area (Å²) in [7, 11) is 2.01. The predicted molar refractivity (Wildman–Crippen MR) is 118 cm³/mol. The molecule has 7 nitrogen and oxygen atoms in total. The number of carbonyl (C=O) groups excluding carboxylic acids is 2. The molecule has 2 aliphatic heterocycles. The zero-order valence-electron chi connectivity index (χ0n) is 17.8. The van der Waals surface area contributed by atoms with E-state index < -0.39 is 6.10 Å². The summed E-state index contributed by atoms with van der Waals surface area (Å²) in [6.07, 6.45) is 2.26. The first kappa shape index (κ1) is 19.6. The van der Waals surface area contributed by atoms with E-state index in [1.165, 1.54) is 0 Å². The van der Waals surface area contributed by atoms with Gasteiger partial charge in [0.15, 0.2) is 6.10 Å². The van der Waals surface area contributed by atoms with E-state index in [2.05, 4.69) is 4.57 Å². The van der Waals surface area contributed by atoms with Crippen LogP contribution in [0, 0.1) is 0 Å². The van der Waals surface area contributed by atoms with Crippen LogP contribution < -0.4 is 9.64 Å². The molecule has 0 aliphatic carbocycles. The Morgan fingerprint density at radius 2 is 1.90 bits per heavy atom. The molecule has 1 aromatic heterocycles. The van der Waals surface area contributed by atoms with Crippen molar-refractivity contribution in [3.8, 4) is 5.75 Å². The number of likely N-dealkylation sites (tertiary alicyclic amines) is 1. The quantitative estimate of drug-likeness (QED) is 0.654. The molecule has 0 radical (unpaired) electrons. The van der Waals surface area contributed by atoms with E-state index in [1.54, 1.807) is 11.8 Å². The zero-order valence-corrected chi connectivity index (χ0v) is 17.8. The number of anilines is 1. The smallest absolute Gasteiger partial charge is 0.268 e. The minimum atomic E-state index is -0.611. The number of nitrogens with zero attached hydrogens (tertiary/aromatic N) is 4. The van der Waals surface area contributed by atoms with E-state index in [-0.39, 0.29) is 24.4 Å². The number of rotatable bonds is 3. The van der Waals surface area contributed by atoms with Crippen LogP contribution in [-0.2, 0) is 16.6 Å². The number of amides is 2. The molecule has 3 heterocycles. The van der Waals surface area contributed by atoms with Crippen LogP contribution in [0.5, 0.6) is 5.75 Å².